The highest BCUT2D eigenvalue weighted by molar-refractivity contribution is 7.92. The Bertz CT molecular complexity index is 761. The predicted molar refractivity (Wildman–Crippen MR) is 89.9 cm³/mol. The lowest BCUT2D eigenvalue weighted by Crippen LogP contribution is -2.15. The van der Waals surface area contributed by atoms with E-state index in [9.17, 15) is 8.42 Å². The van der Waals surface area contributed by atoms with Crippen LogP contribution in [0.2, 0.25) is 0 Å². The maximum atomic E-state index is 12.5. The van der Waals surface area contributed by atoms with E-state index < -0.39 is 10.0 Å². The third kappa shape index (κ3) is 3.93. The number of anilines is 1. The molecule has 128 valence electrons. The lowest BCUT2D eigenvalue weighted by Gasteiger charge is -2.09. The molecule has 2 rings (SSSR count). The van der Waals surface area contributed by atoms with Crippen molar-refractivity contribution in [2.75, 3.05) is 4.72 Å². The summed E-state index contributed by atoms with van der Waals surface area (Å²) in [5.74, 6) is 0.758. The molecule has 0 fully saturated rings. The monoisotopic (exact) mass is 339 g/mol. The smallest absolute Gasteiger partial charge is 0.282 e. The molecule has 0 spiro atoms. The van der Waals surface area contributed by atoms with Gasteiger partial charge in [0, 0.05) is 23.5 Å². The van der Waals surface area contributed by atoms with Crippen LogP contribution in [-0.4, -0.2) is 28.2 Å². The first-order chi connectivity index (χ1) is 10.7. The van der Waals surface area contributed by atoms with Gasteiger partial charge in [-0.2, -0.15) is 13.5 Å². The second-order valence-electron chi connectivity index (χ2n) is 6.30. The van der Waals surface area contributed by atoms with Crippen LogP contribution in [0, 0.1) is 12.8 Å². The van der Waals surface area contributed by atoms with Gasteiger partial charge in [-0.3, -0.25) is 9.82 Å². The van der Waals surface area contributed by atoms with Crippen molar-refractivity contribution in [2.24, 2.45) is 5.92 Å². The highest BCUT2D eigenvalue weighted by Gasteiger charge is 2.22. The Morgan fingerprint density at radius 2 is 2.04 bits per heavy atom. The van der Waals surface area contributed by atoms with Gasteiger partial charge < -0.3 is 4.57 Å². The standard InChI is InChI=1S/C15H25N5O2S/c1-6-11(4)20-8-14(16-9-20)23(21,22)19-15-13(7-10(2)3)12(5)17-18-15/h8-11H,6-7H2,1-5H3,(H2,17,18,19)/t11-/m1/s1. The van der Waals surface area contributed by atoms with Gasteiger partial charge in [0.15, 0.2) is 10.8 Å². The summed E-state index contributed by atoms with van der Waals surface area (Å²) in [6, 6.07) is 0.204. The quantitative estimate of drug-likeness (QED) is 0.811. The number of hydrogen-bond donors (Lipinski definition) is 2. The summed E-state index contributed by atoms with van der Waals surface area (Å²) >= 11 is 0. The Morgan fingerprint density at radius 1 is 1.35 bits per heavy atom. The Balaban J connectivity index is 2.27. The van der Waals surface area contributed by atoms with Crippen LogP contribution in [0.25, 0.3) is 0 Å². The van der Waals surface area contributed by atoms with Crippen LogP contribution < -0.4 is 4.72 Å². The van der Waals surface area contributed by atoms with Crippen LogP contribution in [0.15, 0.2) is 17.6 Å². The minimum absolute atomic E-state index is 0.00829. The summed E-state index contributed by atoms with van der Waals surface area (Å²) in [6.45, 7) is 10.1. The molecule has 2 heterocycles. The molecule has 7 nitrogen and oxygen atoms in total. The van der Waals surface area contributed by atoms with Gasteiger partial charge in [0.05, 0.1) is 6.33 Å². The van der Waals surface area contributed by atoms with Gasteiger partial charge in [0.1, 0.15) is 0 Å². The third-order valence-electron chi connectivity index (χ3n) is 3.87. The molecule has 0 aliphatic carbocycles. The largest absolute Gasteiger partial charge is 0.333 e. The van der Waals surface area contributed by atoms with Crippen molar-refractivity contribution >= 4 is 15.8 Å². The van der Waals surface area contributed by atoms with Crippen LogP contribution >= 0.6 is 0 Å². The van der Waals surface area contributed by atoms with Crippen LogP contribution in [-0.2, 0) is 16.4 Å². The molecule has 0 saturated heterocycles. The number of imidazole rings is 1. The molecule has 8 heteroatoms. The first-order valence-corrected chi connectivity index (χ1v) is 9.33. The van der Waals surface area contributed by atoms with Gasteiger partial charge in [-0.05, 0) is 32.6 Å². The molecule has 0 aliphatic rings. The molecule has 0 saturated carbocycles. The fourth-order valence-corrected chi connectivity index (χ4v) is 3.26. The minimum atomic E-state index is -3.74. The Kier molecular flexibility index (Phi) is 5.13. The molecule has 0 aliphatic heterocycles. The average molecular weight is 339 g/mol. The van der Waals surface area contributed by atoms with E-state index in [0.717, 1.165) is 24.1 Å². The number of nitrogens with zero attached hydrogens (tertiary/aromatic N) is 3. The first kappa shape index (κ1) is 17.5. The summed E-state index contributed by atoms with van der Waals surface area (Å²) < 4.78 is 29.4. The molecule has 0 bridgehead atoms. The van der Waals surface area contributed by atoms with Crippen LogP contribution in [0.3, 0.4) is 0 Å². The summed E-state index contributed by atoms with van der Waals surface area (Å²) in [5.41, 5.74) is 1.77. The maximum Gasteiger partial charge on any atom is 0.282 e. The molecular weight excluding hydrogens is 314 g/mol. The molecule has 1 atom stereocenters. The van der Waals surface area contributed by atoms with E-state index >= 15 is 0 Å². The highest BCUT2D eigenvalue weighted by Crippen LogP contribution is 2.23. The normalized spacial score (nSPS) is 13.5. The Labute approximate surface area is 137 Å². The van der Waals surface area contributed by atoms with E-state index in [1.807, 2.05) is 20.8 Å². The van der Waals surface area contributed by atoms with E-state index in [0.29, 0.717) is 11.7 Å². The van der Waals surface area contributed by atoms with E-state index in [2.05, 4.69) is 33.8 Å². The first-order valence-electron chi connectivity index (χ1n) is 7.84. The summed E-state index contributed by atoms with van der Waals surface area (Å²) in [6.07, 6.45) is 4.76. The van der Waals surface area contributed by atoms with Crippen molar-refractivity contribution in [2.45, 2.75) is 58.5 Å². The van der Waals surface area contributed by atoms with Crippen molar-refractivity contribution in [3.05, 3.63) is 23.8 Å². The third-order valence-corrected chi connectivity index (χ3v) is 5.09. The number of aryl methyl sites for hydroxylation is 1. The minimum Gasteiger partial charge on any atom is -0.333 e. The van der Waals surface area contributed by atoms with Crippen molar-refractivity contribution < 1.29 is 8.42 Å². The number of H-pyrrole nitrogens is 1. The molecular formula is C15H25N5O2S. The summed E-state index contributed by atoms with van der Waals surface area (Å²) in [4.78, 5) is 4.02. The SMILES string of the molecule is CC[C@@H](C)n1cnc(S(=O)(=O)Nc2n[nH]c(C)c2CC(C)C)c1. The summed E-state index contributed by atoms with van der Waals surface area (Å²) in [7, 11) is -3.74. The van der Waals surface area contributed by atoms with Gasteiger partial charge in [-0.1, -0.05) is 20.8 Å². The number of nitrogens with one attached hydrogen (secondary N) is 2. The lowest BCUT2D eigenvalue weighted by atomic mass is 10.0. The van der Waals surface area contributed by atoms with Crippen molar-refractivity contribution in [1.82, 2.24) is 19.7 Å². The molecule has 23 heavy (non-hydrogen) atoms. The van der Waals surface area contributed by atoms with Crippen LogP contribution in [0.4, 0.5) is 5.82 Å². The van der Waals surface area contributed by atoms with Gasteiger partial charge in [0.2, 0.25) is 0 Å². The lowest BCUT2D eigenvalue weighted by molar-refractivity contribution is 0.529. The number of aromatic amines is 1. The van der Waals surface area contributed by atoms with Crippen molar-refractivity contribution in [1.29, 1.82) is 0 Å². The van der Waals surface area contributed by atoms with E-state index in [1.165, 1.54) is 0 Å². The number of rotatable bonds is 7. The maximum absolute atomic E-state index is 12.5. The zero-order valence-electron chi connectivity index (χ0n) is 14.3. The van der Waals surface area contributed by atoms with Crippen LogP contribution in [0.5, 0.6) is 0 Å². The number of sulfonamides is 1. The second kappa shape index (κ2) is 6.74. The molecule has 0 aromatic carbocycles. The summed E-state index contributed by atoms with van der Waals surface area (Å²) in [5, 5.41) is 6.94. The van der Waals surface area contributed by atoms with E-state index in [1.54, 1.807) is 17.1 Å². The van der Waals surface area contributed by atoms with Gasteiger partial charge in [-0.25, -0.2) is 4.98 Å². The van der Waals surface area contributed by atoms with Gasteiger partial charge in [-0.15, -0.1) is 0 Å². The Morgan fingerprint density at radius 3 is 2.65 bits per heavy atom. The van der Waals surface area contributed by atoms with Crippen LogP contribution in [0.1, 0.15) is 51.4 Å². The highest BCUT2D eigenvalue weighted by atomic mass is 32.2. The molecule has 2 N–H and O–H groups in total. The molecule has 0 unspecified atom stereocenters. The van der Waals surface area contributed by atoms with E-state index in [-0.39, 0.29) is 11.1 Å². The zero-order valence-corrected chi connectivity index (χ0v) is 15.1. The number of hydrogen-bond acceptors (Lipinski definition) is 4. The fraction of sp³-hybridized carbons (Fsp3) is 0.600. The fourth-order valence-electron chi connectivity index (χ4n) is 2.28. The Hall–Kier alpha value is -1.83. The second-order valence-corrected chi connectivity index (χ2v) is 7.92. The van der Waals surface area contributed by atoms with Crippen molar-refractivity contribution in [3.63, 3.8) is 0 Å². The predicted octanol–water partition coefficient (Wildman–Crippen LogP) is 2.88. The molecule has 2 aromatic rings. The van der Waals surface area contributed by atoms with Gasteiger partial charge in [0.25, 0.3) is 10.0 Å². The zero-order chi connectivity index (χ0) is 17.2. The molecule has 2 aromatic heterocycles. The number of aromatic nitrogens is 4. The topological polar surface area (TPSA) is 92.7 Å². The van der Waals surface area contributed by atoms with E-state index in [4.69, 9.17) is 0 Å². The molecule has 0 amide bonds. The average Bonchev–Trinajstić information content (AvgIpc) is 3.08. The molecule has 0 radical (unpaired) electrons. The van der Waals surface area contributed by atoms with Crippen molar-refractivity contribution in [3.8, 4) is 0 Å². The van der Waals surface area contributed by atoms with Gasteiger partial charge >= 0.3 is 0 Å².